The highest BCUT2D eigenvalue weighted by atomic mass is 16.5. The fraction of sp³-hybridized carbons (Fsp3) is 0.458. The van der Waals surface area contributed by atoms with Crippen LogP contribution in [0, 0.1) is 0 Å². The number of methoxy groups -OCH3 is 2. The molecule has 1 N–H and O–H groups in total. The molecule has 1 atom stereocenters. The normalized spacial score (nSPS) is 17.0. The lowest BCUT2D eigenvalue weighted by Gasteiger charge is -2.33. The minimum atomic E-state index is 0.0113. The molecule has 2 aromatic rings. The van der Waals surface area contributed by atoms with Crippen molar-refractivity contribution in [3.05, 3.63) is 53.6 Å². The summed E-state index contributed by atoms with van der Waals surface area (Å²) >= 11 is 0. The van der Waals surface area contributed by atoms with Crippen LogP contribution >= 0.6 is 0 Å². The molecule has 29 heavy (non-hydrogen) atoms. The molecule has 1 amide bonds. The van der Waals surface area contributed by atoms with Crippen molar-refractivity contribution in [2.24, 2.45) is 0 Å². The van der Waals surface area contributed by atoms with Crippen LogP contribution in [0.15, 0.2) is 42.5 Å². The second kappa shape index (κ2) is 10.3. The van der Waals surface area contributed by atoms with Crippen molar-refractivity contribution in [3.8, 4) is 11.5 Å². The zero-order valence-corrected chi connectivity index (χ0v) is 17.7. The Balaban J connectivity index is 1.49. The number of piperidine rings is 1. The summed E-state index contributed by atoms with van der Waals surface area (Å²) in [5, 5.41) is 2.99. The van der Waals surface area contributed by atoms with Crippen LogP contribution in [-0.2, 0) is 17.8 Å². The summed E-state index contributed by atoms with van der Waals surface area (Å²) in [5.74, 6) is 1.39. The standard InChI is InChI=1S/C24H32N2O3/c1-18-6-4-5-15-26(18)17-20-7-11-21(12-8-20)25-24(27)14-10-19-9-13-22(28-2)23(16-19)29-3/h7-9,11-13,16,18H,4-6,10,14-15,17H2,1-3H3,(H,25,27). The van der Waals surface area contributed by atoms with E-state index in [-0.39, 0.29) is 5.91 Å². The summed E-state index contributed by atoms with van der Waals surface area (Å²) in [7, 11) is 3.23. The maximum absolute atomic E-state index is 12.3. The molecular weight excluding hydrogens is 364 g/mol. The van der Waals surface area contributed by atoms with Gasteiger partial charge in [0.1, 0.15) is 0 Å². The minimum Gasteiger partial charge on any atom is -0.493 e. The molecular formula is C24H32N2O3. The number of benzene rings is 2. The van der Waals surface area contributed by atoms with Gasteiger partial charge in [-0.2, -0.15) is 0 Å². The SMILES string of the molecule is COc1ccc(CCC(=O)Nc2ccc(CN3CCCCC3C)cc2)cc1OC. The van der Waals surface area contributed by atoms with Crippen LogP contribution in [0.1, 0.15) is 43.7 Å². The number of anilines is 1. The van der Waals surface area contributed by atoms with Crippen LogP contribution in [0.5, 0.6) is 11.5 Å². The van der Waals surface area contributed by atoms with E-state index in [1.165, 1.54) is 31.4 Å². The number of nitrogens with one attached hydrogen (secondary N) is 1. The molecule has 0 saturated carbocycles. The Morgan fingerprint density at radius 1 is 1.03 bits per heavy atom. The van der Waals surface area contributed by atoms with Gasteiger partial charge in [-0.1, -0.05) is 24.6 Å². The number of nitrogens with zero attached hydrogens (tertiary/aromatic N) is 1. The molecule has 0 aliphatic carbocycles. The third-order valence-electron chi connectivity index (χ3n) is 5.65. The second-order valence-corrected chi connectivity index (χ2v) is 7.75. The maximum atomic E-state index is 12.3. The number of hydrogen-bond donors (Lipinski definition) is 1. The third-order valence-corrected chi connectivity index (χ3v) is 5.65. The zero-order chi connectivity index (χ0) is 20.6. The van der Waals surface area contributed by atoms with Gasteiger partial charge in [-0.05, 0) is 68.1 Å². The topological polar surface area (TPSA) is 50.8 Å². The van der Waals surface area contributed by atoms with Crippen molar-refractivity contribution in [2.75, 3.05) is 26.1 Å². The van der Waals surface area contributed by atoms with Gasteiger partial charge in [0.05, 0.1) is 14.2 Å². The van der Waals surface area contributed by atoms with Gasteiger partial charge in [-0.15, -0.1) is 0 Å². The quantitative estimate of drug-likeness (QED) is 0.706. The average Bonchev–Trinajstić information content (AvgIpc) is 2.75. The van der Waals surface area contributed by atoms with E-state index >= 15 is 0 Å². The highest BCUT2D eigenvalue weighted by Crippen LogP contribution is 2.28. The van der Waals surface area contributed by atoms with Crippen LogP contribution in [0.25, 0.3) is 0 Å². The number of ether oxygens (including phenoxy) is 2. The molecule has 0 radical (unpaired) electrons. The molecule has 1 saturated heterocycles. The molecule has 1 heterocycles. The van der Waals surface area contributed by atoms with E-state index < -0.39 is 0 Å². The molecule has 1 unspecified atom stereocenters. The number of hydrogen-bond acceptors (Lipinski definition) is 4. The van der Waals surface area contributed by atoms with Gasteiger partial charge in [0, 0.05) is 24.7 Å². The number of rotatable bonds is 8. The predicted molar refractivity (Wildman–Crippen MR) is 117 cm³/mol. The molecule has 0 aromatic heterocycles. The highest BCUT2D eigenvalue weighted by molar-refractivity contribution is 5.90. The van der Waals surface area contributed by atoms with Crippen molar-refractivity contribution in [2.45, 2.75) is 51.6 Å². The summed E-state index contributed by atoms with van der Waals surface area (Å²) in [6.45, 7) is 4.47. The van der Waals surface area contributed by atoms with Gasteiger partial charge in [0.25, 0.3) is 0 Å². The molecule has 1 aliphatic rings. The summed E-state index contributed by atoms with van der Waals surface area (Å²) < 4.78 is 10.6. The van der Waals surface area contributed by atoms with Gasteiger partial charge in [0.15, 0.2) is 11.5 Å². The number of likely N-dealkylation sites (tertiary alicyclic amines) is 1. The van der Waals surface area contributed by atoms with E-state index in [2.05, 4.69) is 29.3 Å². The summed E-state index contributed by atoms with van der Waals surface area (Å²) in [4.78, 5) is 14.9. The fourth-order valence-electron chi connectivity index (χ4n) is 3.84. The first-order valence-corrected chi connectivity index (χ1v) is 10.4. The summed E-state index contributed by atoms with van der Waals surface area (Å²) in [5.41, 5.74) is 3.18. The van der Waals surface area contributed by atoms with Gasteiger partial charge >= 0.3 is 0 Å². The van der Waals surface area contributed by atoms with Gasteiger partial charge < -0.3 is 14.8 Å². The van der Waals surface area contributed by atoms with Crippen molar-refractivity contribution in [1.29, 1.82) is 0 Å². The molecule has 0 spiro atoms. The maximum Gasteiger partial charge on any atom is 0.224 e. The predicted octanol–water partition coefficient (Wildman–Crippen LogP) is 4.65. The van der Waals surface area contributed by atoms with Gasteiger partial charge in [-0.25, -0.2) is 0 Å². The lowest BCUT2D eigenvalue weighted by Crippen LogP contribution is -2.36. The van der Waals surface area contributed by atoms with Crippen LogP contribution in [0.3, 0.4) is 0 Å². The highest BCUT2D eigenvalue weighted by Gasteiger charge is 2.18. The number of amides is 1. The Morgan fingerprint density at radius 3 is 2.45 bits per heavy atom. The van der Waals surface area contributed by atoms with E-state index in [1.54, 1.807) is 14.2 Å². The fourth-order valence-corrected chi connectivity index (χ4v) is 3.84. The molecule has 5 nitrogen and oxygen atoms in total. The van der Waals surface area contributed by atoms with Crippen molar-refractivity contribution in [1.82, 2.24) is 4.90 Å². The molecule has 3 rings (SSSR count). The van der Waals surface area contributed by atoms with E-state index in [9.17, 15) is 4.79 Å². The van der Waals surface area contributed by atoms with Crippen molar-refractivity contribution >= 4 is 11.6 Å². The first kappa shape index (κ1) is 21.2. The third kappa shape index (κ3) is 5.97. The molecule has 5 heteroatoms. The van der Waals surface area contributed by atoms with E-state index in [0.717, 1.165) is 17.8 Å². The Morgan fingerprint density at radius 2 is 1.76 bits per heavy atom. The zero-order valence-electron chi connectivity index (χ0n) is 17.7. The first-order valence-electron chi connectivity index (χ1n) is 10.4. The van der Waals surface area contributed by atoms with Gasteiger partial charge in [0.2, 0.25) is 5.91 Å². The molecule has 156 valence electrons. The number of aryl methyl sites for hydroxylation is 1. The Hall–Kier alpha value is -2.53. The molecule has 1 aliphatic heterocycles. The van der Waals surface area contributed by atoms with E-state index in [4.69, 9.17) is 9.47 Å². The minimum absolute atomic E-state index is 0.0113. The first-order chi connectivity index (χ1) is 14.1. The van der Waals surface area contributed by atoms with Crippen molar-refractivity contribution < 1.29 is 14.3 Å². The van der Waals surface area contributed by atoms with Crippen LogP contribution in [-0.4, -0.2) is 37.6 Å². The lowest BCUT2D eigenvalue weighted by molar-refractivity contribution is -0.116. The van der Waals surface area contributed by atoms with Crippen LogP contribution in [0.4, 0.5) is 5.69 Å². The average molecular weight is 397 g/mol. The lowest BCUT2D eigenvalue weighted by atomic mass is 10.0. The van der Waals surface area contributed by atoms with Gasteiger partial charge in [-0.3, -0.25) is 9.69 Å². The Bertz CT molecular complexity index is 804. The number of carbonyl (C=O) groups excluding carboxylic acids is 1. The van der Waals surface area contributed by atoms with Crippen LogP contribution < -0.4 is 14.8 Å². The van der Waals surface area contributed by atoms with Crippen LogP contribution in [0.2, 0.25) is 0 Å². The Labute approximate surface area is 174 Å². The Kier molecular flexibility index (Phi) is 7.53. The van der Waals surface area contributed by atoms with E-state index in [0.29, 0.717) is 30.4 Å². The largest absolute Gasteiger partial charge is 0.493 e. The summed E-state index contributed by atoms with van der Waals surface area (Å²) in [6.07, 6.45) is 4.98. The monoisotopic (exact) mass is 396 g/mol. The molecule has 0 bridgehead atoms. The number of carbonyl (C=O) groups is 1. The molecule has 1 fully saturated rings. The van der Waals surface area contributed by atoms with Crippen molar-refractivity contribution in [3.63, 3.8) is 0 Å². The summed E-state index contributed by atoms with van der Waals surface area (Å²) in [6, 6.07) is 14.6. The smallest absolute Gasteiger partial charge is 0.224 e. The van der Waals surface area contributed by atoms with E-state index in [1.807, 2.05) is 30.3 Å². The molecule has 2 aromatic carbocycles. The second-order valence-electron chi connectivity index (χ2n) is 7.75.